The van der Waals surface area contributed by atoms with E-state index < -0.39 is 34.6 Å². The molecule has 1 aliphatic carbocycles. The molecule has 9 nitrogen and oxygen atoms in total. The lowest BCUT2D eigenvalue weighted by molar-refractivity contribution is -0.151. The van der Waals surface area contributed by atoms with E-state index in [4.69, 9.17) is 14.2 Å². The van der Waals surface area contributed by atoms with Crippen LogP contribution in [0.2, 0.25) is 0 Å². The summed E-state index contributed by atoms with van der Waals surface area (Å²) in [6.07, 6.45) is 0.988. The zero-order valence-electron chi connectivity index (χ0n) is 21.2. The number of hydrogen-bond acceptors (Lipinski definition) is 12. The Hall–Kier alpha value is -1.06. The second-order valence-corrected chi connectivity index (χ2v) is 11.4. The van der Waals surface area contributed by atoms with Crippen LogP contribution < -0.4 is 15.0 Å². The molecule has 214 valence electrons. The summed E-state index contributed by atoms with van der Waals surface area (Å²) >= 11 is 17.6. The molecule has 0 aromatic carbocycles. The van der Waals surface area contributed by atoms with E-state index in [1.807, 2.05) is 4.90 Å². The summed E-state index contributed by atoms with van der Waals surface area (Å²) < 4.78 is 29.3. The van der Waals surface area contributed by atoms with E-state index in [9.17, 15) is 19.1 Å². The Bertz CT molecular complexity index is 948. The second-order valence-electron chi connectivity index (χ2n) is 9.43. The smallest absolute Gasteiger partial charge is 0.334 e. The molecule has 1 aromatic rings. The maximum atomic E-state index is 13.5. The number of anilines is 1. The van der Waals surface area contributed by atoms with Crippen molar-refractivity contribution in [2.45, 2.75) is 35.0 Å². The highest BCUT2D eigenvalue weighted by Crippen LogP contribution is 2.39. The number of amides is 1. The van der Waals surface area contributed by atoms with Gasteiger partial charge in [0.2, 0.25) is 5.88 Å². The van der Waals surface area contributed by atoms with Crippen LogP contribution in [0.15, 0.2) is 12.1 Å². The number of aromatic nitrogens is 1. The number of halogens is 1. The Balaban J connectivity index is 1.87. The molecule has 1 saturated carbocycles. The van der Waals surface area contributed by atoms with E-state index in [1.165, 1.54) is 0 Å². The van der Waals surface area contributed by atoms with Gasteiger partial charge in [-0.1, -0.05) is 0 Å². The van der Waals surface area contributed by atoms with Gasteiger partial charge in [0, 0.05) is 55.2 Å². The number of alkyl halides is 1. The lowest BCUT2D eigenvalue weighted by Crippen LogP contribution is -2.67. The molecule has 3 rings (SSSR count). The minimum Gasteiger partial charge on any atom is -0.476 e. The number of nitrogens with zero attached hydrogens (tertiary/aromatic N) is 2. The highest BCUT2D eigenvalue weighted by molar-refractivity contribution is 7.85. The van der Waals surface area contributed by atoms with Gasteiger partial charge in [0.15, 0.2) is 5.54 Å². The number of esters is 1. The number of ether oxygens (including phenoxy) is 3. The van der Waals surface area contributed by atoms with Crippen molar-refractivity contribution in [1.29, 1.82) is 0 Å². The fourth-order valence-corrected chi connectivity index (χ4v) is 5.60. The Kier molecular flexibility index (Phi) is 12.0. The first-order valence-corrected chi connectivity index (χ1v) is 14.7. The number of aliphatic hydroxyl groups is 1. The average molecular weight is 610 g/mol. The molecule has 14 heteroatoms. The molecule has 38 heavy (non-hydrogen) atoms. The number of carbonyl (C=O) groups excluding carboxylic acids is 2. The molecule has 2 N–H and O–H groups in total. The number of thiol groups is 4. The summed E-state index contributed by atoms with van der Waals surface area (Å²) in [5.41, 5.74) is -0.976. The Morgan fingerprint density at radius 2 is 1.92 bits per heavy atom. The minimum atomic E-state index is -1.71. The third-order valence-electron chi connectivity index (χ3n) is 6.90. The van der Waals surface area contributed by atoms with E-state index in [1.54, 1.807) is 19.2 Å². The first kappa shape index (κ1) is 31.5. The van der Waals surface area contributed by atoms with Crippen molar-refractivity contribution in [1.82, 2.24) is 10.3 Å². The van der Waals surface area contributed by atoms with Gasteiger partial charge < -0.3 is 29.5 Å². The van der Waals surface area contributed by atoms with Crippen LogP contribution in [0, 0.1) is 11.8 Å². The fraction of sp³-hybridized carbons (Fsp3) is 0.708. The van der Waals surface area contributed by atoms with Crippen molar-refractivity contribution in [2.75, 3.05) is 63.1 Å². The van der Waals surface area contributed by atoms with Gasteiger partial charge in [-0.05, 0) is 30.4 Å². The van der Waals surface area contributed by atoms with Crippen LogP contribution in [0.5, 0.6) is 5.88 Å². The van der Waals surface area contributed by atoms with Gasteiger partial charge in [-0.3, -0.25) is 9.18 Å². The van der Waals surface area contributed by atoms with Gasteiger partial charge in [0.1, 0.15) is 11.4 Å². The van der Waals surface area contributed by atoms with Crippen LogP contribution in [0.3, 0.4) is 0 Å². The predicted molar refractivity (Wildman–Crippen MR) is 156 cm³/mol. The van der Waals surface area contributed by atoms with Crippen molar-refractivity contribution < 1.29 is 33.3 Å². The molecule has 1 saturated heterocycles. The molecule has 1 aromatic heterocycles. The van der Waals surface area contributed by atoms with Gasteiger partial charge in [-0.2, -0.15) is 50.5 Å². The van der Waals surface area contributed by atoms with Crippen LogP contribution in [0.1, 0.15) is 23.3 Å². The van der Waals surface area contributed by atoms with Crippen molar-refractivity contribution in [3.63, 3.8) is 0 Å². The molecule has 0 radical (unpaired) electrons. The second kappa shape index (κ2) is 14.5. The standard InChI is InChI=1S/C24H36FN3O6S4/c1-32-16-8-28(9-16)18-4-3-17(26-22(18)34-11-15-7-14(15)10-29)21(30)27-24(19(37)12-35,20(38)13-36)23(31)33-6-2-5-25/h3-4,14-16,19-20,29,35-38H,2,5-13H2,1H3,(H,27,30)/t14-,15-,19?,20?,24?/m1/s1. The third-order valence-corrected chi connectivity index (χ3v) is 9.38. The van der Waals surface area contributed by atoms with Crippen molar-refractivity contribution in [2.24, 2.45) is 11.8 Å². The summed E-state index contributed by atoms with van der Waals surface area (Å²) in [6.45, 7) is 0.966. The highest BCUT2D eigenvalue weighted by Gasteiger charge is 2.51. The van der Waals surface area contributed by atoms with E-state index in [0.717, 1.165) is 12.1 Å². The molecule has 2 aliphatic rings. The molecular formula is C24H36FN3O6S4. The van der Waals surface area contributed by atoms with Gasteiger partial charge in [0.05, 0.1) is 26.0 Å². The lowest BCUT2D eigenvalue weighted by Gasteiger charge is -2.40. The topological polar surface area (TPSA) is 110 Å². The monoisotopic (exact) mass is 609 g/mol. The lowest BCUT2D eigenvalue weighted by atomic mass is 9.90. The molecule has 0 spiro atoms. The van der Waals surface area contributed by atoms with Crippen LogP contribution in [-0.4, -0.2) is 102 Å². The number of rotatable bonds is 16. The fourth-order valence-electron chi connectivity index (χ4n) is 4.20. The Morgan fingerprint density at radius 1 is 1.24 bits per heavy atom. The summed E-state index contributed by atoms with van der Waals surface area (Å²) in [6, 6.07) is 3.29. The zero-order chi connectivity index (χ0) is 27.9. The van der Waals surface area contributed by atoms with Crippen LogP contribution in [-0.2, 0) is 14.3 Å². The van der Waals surface area contributed by atoms with Crippen LogP contribution in [0.4, 0.5) is 10.1 Å². The van der Waals surface area contributed by atoms with E-state index >= 15 is 0 Å². The minimum absolute atomic E-state index is 0.0161. The van der Waals surface area contributed by atoms with Gasteiger partial charge in [-0.25, -0.2) is 9.78 Å². The first-order valence-electron chi connectivity index (χ1n) is 12.4. The Labute approximate surface area is 244 Å². The maximum Gasteiger partial charge on any atom is 0.334 e. The van der Waals surface area contributed by atoms with Crippen LogP contribution in [0.25, 0.3) is 0 Å². The van der Waals surface area contributed by atoms with Crippen molar-refractivity contribution in [3.05, 3.63) is 17.8 Å². The maximum absolute atomic E-state index is 13.5. The molecule has 0 bridgehead atoms. The molecule has 1 aliphatic heterocycles. The van der Waals surface area contributed by atoms with Crippen LogP contribution >= 0.6 is 50.5 Å². The number of methoxy groups -OCH3 is 1. The normalized spacial score (nSPS) is 22.1. The molecule has 2 fully saturated rings. The van der Waals surface area contributed by atoms with Gasteiger partial charge in [0.25, 0.3) is 5.91 Å². The average Bonchev–Trinajstić information content (AvgIpc) is 3.68. The molecule has 1 amide bonds. The van der Waals surface area contributed by atoms with Gasteiger partial charge in [-0.15, -0.1) is 0 Å². The predicted octanol–water partition coefficient (Wildman–Crippen LogP) is 1.75. The van der Waals surface area contributed by atoms with Crippen molar-refractivity contribution in [3.8, 4) is 5.88 Å². The molecule has 2 heterocycles. The SMILES string of the molecule is COC1CN(c2ccc(C(=O)NC(C(=O)OCCCF)(C(S)CS)C(S)CS)nc2OC[C@H]2C[C@@H]2CO)C1. The summed E-state index contributed by atoms with van der Waals surface area (Å²) in [5, 5.41) is 10.5. The van der Waals surface area contributed by atoms with E-state index in [0.29, 0.717) is 19.7 Å². The largest absolute Gasteiger partial charge is 0.476 e. The number of pyridine rings is 1. The van der Waals surface area contributed by atoms with Crippen molar-refractivity contribution >= 4 is 68.1 Å². The summed E-state index contributed by atoms with van der Waals surface area (Å²) in [4.78, 5) is 33.3. The molecule has 2 unspecified atom stereocenters. The number of aliphatic hydroxyl groups excluding tert-OH is 1. The van der Waals surface area contributed by atoms with E-state index in [-0.39, 0.29) is 60.7 Å². The number of nitrogens with one attached hydrogen (secondary N) is 1. The first-order chi connectivity index (χ1) is 18.2. The highest BCUT2D eigenvalue weighted by atomic mass is 32.1. The van der Waals surface area contributed by atoms with Gasteiger partial charge >= 0.3 is 5.97 Å². The number of hydrogen-bond donors (Lipinski definition) is 6. The zero-order valence-corrected chi connectivity index (χ0v) is 24.7. The Morgan fingerprint density at radius 3 is 2.47 bits per heavy atom. The number of carbonyl (C=O) groups is 2. The van der Waals surface area contributed by atoms with E-state index in [2.05, 4.69) is 60.8 Å². The molecule has 4 atom stereocenters. The summed E-state index contributed by atoms with van der Waals surface area (Å²) in [7, 11) is 1.65. The third kappa shape index (κ3) is 7.17. The molecular weight excluding hydrogens is 574 g/mol. The quantitative estimate of drug-likeness (QED) is 0.0957. The summed E-state index contributed by atoms with van der Waals surface area (Å²) in [5.74, 6) is -0.540.